The van der Waals surface area contributed by atoms with E-state index < -0.39 is 0 Å². The molecular weight excluding hydrogens is 132 g/mol. The van der Waals surface area contributed by atoms with Crippen LogP contribution < -0.4 is 11.7 Å². The van der Waals surface area contributed by atoms with E-state index in [2.05, 4.69) is 0 Å². The van der Waals surface area contributed by atoms with Crippen LogP contribution in [0.3, 0.4) is 0 Å². The topological polar surface area (TPSA) is 78.8 Å². The molecule has 0 aliphatic carbocycles. The molecule has 0 aromatic rings. The maximum atomic E-state index is 8.44. The third-order valence-corrected chi connectivity index (χ3v) is 1.13. The second-order valence-electron chi connectivity index (χ2n) is 2.24. The van der Waals surface area contributed by atoms with Gasteiger partial charge in [0.2, 0.25) is 0 Å². The fourth-order valence-electron chi connectivity index (χ4n) is 0.526. The van der Waals surface area contributed by atoms with Crippen molar-refractivity contribution in [2.75, 3.05) is 33.3 Å². The predicted octanol–water partition coefficient (Wildman–Crippen LogP) is -2.04. The number of nitrogens with two attached hydrogens (primary N) is 2. The molecule has 0 amide bonds. The van der Waals surface area contributed by atoms with E-state index in [1.54, 1.807) is 12.1 Å². The summed E-state index contributed by atoms with van der Waals surface area (Å²) < 4.78 is 0. The van der Waals surface area contributed by atoms with Gasteiger partial charge in [0.15, 0.2) is 0 Å². The van der Waals surface area contributed by atoms with E-state index in [9.17, 15) is 0 Å². The molecule has 5 N–H and O–H groups in total. The molecular formula is C5H16N4O. The van der Waals surface area contributed by atoms with Crippen LogP contribution in [0.2, 0.25) is 0 Å². The van der Waals surface area contributed by atoms with Crippen LogP contribution >= 0.6 is 0 Å². The number of likely N-dealkylation sites (N-methyl/N-ethyl adjacent to an activating group) is 1. The maximum absolute atomic E-state index is 8.44. The molecule has 0 unspecified atom stereocenters. The Bertz CT molecular complexity index is 78.0. The Balaban J connectivity index is 3.12. The predicted molar refractivity (Wildman–Crippen MR) is 39.7 cm³/mol. The van der Waals surface area contributed by atoms with E-state index in [4.69, 9.17) is 16.8 Å². The number of nitrogens with zero attached hydrogens (tertiary/aromatic N) is 2. The number of aliphatic hydroxyl groups is 1. The summed E-state index contributed by atoms with van der Waals surface area (Å²) in [5.74, 6) is 10.7. The SMILES string of the molecule is CN(N)CCN(N)CCO. The Labute approximate surface area is 61.1 Å². The molecule has 0 bridgehead atoms. The smallest absolute Gasteiger partial charge is 0.0572 e. The zero-order valence-electron chi connectivity index (χ0n) is 6.32. The van der Waals surface area contributed by atoms with Crippen LogP contribution in [0.25, 0.3) is 0 Å². The summed E-state index contributed by atoms with van der Waals surface area (Å²) in [4.78, 5) is 0. The minimum Gasteiger partial charge on any atom is -0.395 e. The molecule has 0 aromatic carbocycles. The molecule has 0 spiro atoms. The number of hydrogen-bond donors (Lipinski definition) is 3. The second kappa shape index (κ2) is 5.57. The van der Waals surface area contributed by atoms with Crippen molar-refractivity contribution < 1.29 is 5.11 Å². The van der Waals surface area contributed by atoms with Crippen molar-refractivity contribution in [2.24, 2.45) is 11.7 Å². The third-order valence-electron chi connectivity index (χ3n) is 1.13. The van der Waals surface area contributed by atoms with E-state index >= 15 is 0 Å². The molecule has 0 heterocycles. The zero-order valence-corrected chi connectivity index (χ0v) is 6.32. The van der Waals surface area contributed by atoms with Crippen molar-refractivity contribution >= 4 is 0 Å². The van der Waals surface area contributed by atoms with Crippen molar-refractivity contribution in [3.8, 4) is 0 Å². The molecule has 10 heavy (non-hydrogen) atoms. The Hall–Kier alpha value is -0.200. The minimum atomic E-state index is 0.0881. The van der Waals surface area contributed by atoms with Gasteiger partial charge in [-0.3, -0.25) is 11.7 Å². The minimum absolute atomic E-state index is 0.0881. The van der Waals surface area contributed by atoms with E-state index in [1.165, 1.54) is 5.01 Å². The van der Waals surface area contributed by atoms with E-state index in [-0.39, 0.29) is 6.61 Å². The maximum Gasteiger partial charge on any atom is 0.0572 e. The van der Waals surface area contributed by atoms with Gasteiger partial charge in [-0.25, -0.2) is 10.0 Å². The van der Waals surface area contributed by atoms with Crippen molar-refractivity contribution in [1.82, 2.24) is 10.0 Å². The van der Waals surface area contributed by atoms with Gasteiger partial charge in [-0.05, 0) is 0 Å². The zero-order chi connectivity index (χ0) is 7.98. The van der Waals surface area contributed by atoms with Crippen LogP contribution in [-0.4, -0.2) is 48.4 Å². The fourth-order valence-corrected chi connectivity index (χ4v) is 0.526. The van der Waals surface area contributed by atoms with Crippen LogP contribution in [0.4, 0.5) is 0 Å². The van der Waals surface area contributed by atoms with Gasteiger partial charge in [0, 0.05) is 26.7 Å². The quantitative estimate of drug-likeness (QED) is 0.309. The molecule has 0 aliphatic heterocycles. The molecule has 5 nitrogen and oxygen atoms in total. The van der Waals surface area contributed by atoms with Crippen molar-refractivity contribution in [2.45, 2.75) is 0 Å². The van der Waals surface area contributed by atoms with Crippen LogP contribution in [0.5, 0.6) is 0 Å². The van der Waals surface area contributed by atoms with Gasteiger partial charge >= 0.3 is 0 Å². The van der Waals surface area contributed by atoms with E-state index in [0.29, 0.717) is 19.6 Å². The van der Waals surface area contributed by atoms with Crippen molar-refractivity contribution in [3.63, 3.8) is 0 Å². The lowest BCUT2D eigenvalue weighted by atomic mass is 10.5. The Kier molecular flexibility index (Phi) is 5.46. The van der Waals surface area contributed by atoms with Crippen LogP contribution in [0.1, 0.15) is 0 Å². The highest BCUT2D eigenvalue weighted by Crippen LogP contribution is 1.76. The molecule has 0 saturated carbocycles. The highest BCUT2D eigenvalue weighted by atomic mass is 16.3. The summed E-state index contributed by atoms with van der Waals surface area (Å²) in [6.07, 6.45) is 0. The number of rotatable bonds is 5. The monoisotopic (exact) mass is 148 g/mol. The van der Waals surface area contributed by atoms with Crippen molar-refractivity contribution in [3.05, 3.63) is 0 Å². The molecule has 62 valence electrons. The standard InChI is InChI=1S/C5H16N4O/c1-8(6)2-3-9(7)4-5-10/h10H,2-7H2,1H3. The van der Waals surface area contributed by atoms with Crippen LogP contribution in [-0.2, 0) is 0 Å². The molecule has 0 aliphatic rings. The summed E-state index contributed by atoms with van der Waals surface area (Å²) in [6, 6.07) is 0. The third kappa shape index (κ3) is 5.93. The average molecular weight is 148 g/mol. The lowest BCUT2D eigenvalue weighted by Gasteiger charge is -2.17. The molecule has 5 heteroatoms. The molecule has 0 radical (unpaired) electrons. The summed E-state index contributed by atoms with van der Waals surface area (Å²) in [6.45, 7) is 1.96. The first kappa shape index (κ1) is 9.80. The summed E-state index contributed by atoms with van der Waals surface area (Å²) in [5.41, 5.74) is 0. The molecule has 0 fully saturated rings. The number of aliphatic hydroxyl groups excluding tert-OH is 1. The lowest BCUT2D eigenvalue weighted by Crippen LogP contribution is -2.41. The summed E-state index contributed by atoms with van der Waals surface area (Å²) in [7, 11) is 1.77. The summed E-state index contributed by atoms with van der Waals surface area (Å²) >= 11 is 0. The van der Waals surface area contributed by atoms with Gasteiger partial charge < -0.3 is 5.11 Å². The normalized spacial score (nSPS) is 11.4. The van der Waals surface area contributed by atoms with Gasteiger partial charge in [-0.1, -0.05) is 0 Å². The Morgan fingerprint density at radius 3 is 2.20 bits per heavy atom. The molecule has 0 aromatic heterocycles. The first-order valence-electron chi connectivity index (χ1n) is 3.23. The van der Waals surface area contributed by atoms with Gasteiger partial charge in [-0.15, -0.1) is 0 Å². The van der Waals surface area contributed by atoms with Crippen LogP contribution in [0, 0.1) is 0 Å². The first-order valence-corrected chi connectivity index (χ1v) is 3.23. The first-order chi connectivity index (χ1) is 4.66. The highest BCUT2D eigenvalue weighted by molar-refractivity contribution is 4.48. The number of hydrogen-bond acceptors (Lipinski definition) is 5. The highest BCUT2D eigenvalue weighted by Gasteiger charge is 1.97. The van der Waals surface area contributed by atoms with Gasteiger partial charge in [0.1, 0.15) is 0 Å². The molecule has 0 saturated heterocycles. The lowest BCUT2D eigenvalue weighted by molar-refractivity contribution is 0.180. The number of hydrazine groups is 2. The Morgan fingerprint density at radius 1 is 1.20 bits per heavy atom. The van der Waals surface area contributed by atoms with Crippen LogP contribution in [0.15, 0.2) is 0 Å². The fraction of sp³-hybridized carbons (Fsp3) is 1.00. The molecule has 0 rings (SSSR count). The van der Waals surface area contributed by atoms with Gasteiger partial charge in [0.05, 0.1) is 6.61 Å². The van der Waals surface area contributed by atoms with E-state index in [0.717, 1.165) is 0 Å². The second-order valence-corrected chi connectivity index (χ2v) is 2.24. The Morgan fingerprint density at radius 2 is 1.80 bits per heavy atom. The largest absolute Gasteiger partial charge is 0.395 e. The summed E-state index contributed by atoms with van der Waals surface area (Å²) in [5, 5.41) is 11.5. The van der Waals surface area contributed by atoms with E-state index in [1.807, 2.05) is 0 Å². The molecule has 0 atom stereocenters. The van der Waals surface area contributed by atoms with Gasteiger partial charge in [0.25, 0.3) is 0 Å². The van der Waals surface area contributed by atoms with Gasteiger partial charge in [-0.2, -0.15) is 0 Å². The average Bonchev–Trinajstić information content (AvgIpc) is 1.85. The van der Waals surface area contributed by atoms with Crippen molar-refractivity contribution in [1.29, 1.82) is 0 Å².